The average molecular weight is 279 g/mol. The summed E-state index contributed by atoms with van der Waals surface area (Å²) in [5.74, 6) is -3.79. The minimum atomic E-state index is -5.18. The van der Waals surface area contributed by atoms with Crippen LogP contribution in [0.2, 0.25) is 0 Å². The highest BCUT2D eigenvalue weighted by atomic mass is 19.4. The van der Waals surface area contributed by atoms with Gasteiger partial charge in [-0.05, 0) is 6.92 Å². The molecule has 0 aliphatic heterocycles. The Bertz CT molecular complexity index is 500. The summed E-state index contributed by atoms with van der Waals surface area (Å²) in [5.41, 5.74) is -1.24. The summed E-state index contributed by atoms with van der Waals surface area (Å²) in [6.45, 7) is 1.43. The first kappa shape index (κ1) is 14.7. The number of esters is 1. The fraction of sp³-hybridized carbons (Fsp3) is 0.300. The monoisotopic (exact) mass is 279 g/mol. The van der Waals surface area contributed by atoms with E-state index in [4.69, 9.17) is 9.84 Å². The van der Waals surface area contributed by atoms with Crippen molar-refractivity contribution >= 4 is 11.9 Å². The van der Waals surface area contributed by atoms with Crippen LogP contribution in [0.4, 0.5) is 13.2 Å². The fourth-order valence-corrected chi connectivity index (χ4v) is 1.21. The van der Waals surface area contributed by atoms with Gasteiger partial charge in [0.25, 0.3) is 0 Å². The van der Waals surface area contributed by atoms with Crippen LogP contribution in [-0.4, -0.2) is 35.0 Å². The zero-order valence-electron chi connectivity index (χ0n) is 9.52. The van der Waals surface area contributed by atoms with Crippen molar-refractivity contribution in [3.8, 4) is 5.75 Å². The van der Waals surface area contributed by atoms with Gasteiger partial charge in [0.2, 0.25) is 0 Å². The molecule has 1 rings (SSSR count). The normalized spacial score (nSPS) is 10.9. The summed E-state index contributed by atoms with van der Waals surface area (Å²) >= 11 is 0. The first-order valence-electron chi connectivity index (χ1n) is 4.90. The predicted octanol–water partition coefficient (Wildman–Crippen LogP) is 1.86. The number of carbonyl (C=O) groups is 2. The number of halogens is 3. The third-order valence-corrected chi connectivity index (χ3v) is 1.84. The molecule has 0 atom stereocenters. The molecular weight excluding hydrogens is 271 g/mol. The van der Waals surface area contributed by atoms with Crippen molar-refractivity contribution in [2.24, 2.45) is 0 Å². The maximum absolute atomic E-state index is 11.9. The molecule has 19 heavy (non-hydrogen) atoms. The lowest BCUT2D eigenvalue weighted by atomic mass is 10.1. The van der Waals surface area contributed by atoms with Crippen molar-refractivity contribution < 1.29 is 37.3 Å². The van der Waals surface area contributed by atoms with Gasteiger partial charge in [0.1, 0.15) is 11.1 Å². The molecule has 1 heterocycles. The topological polar surface area (TPSA) is 85.7 Å². The van der Waals surface area contributed by atoms with Gasteiger partial charge in [0, 0.05) is 12.4 Å². The van der Waals surface area contributed by atoms with Crippen molar-refractivity contribution in [3.05, 3.63) is 23.5 Å². The van der Waals surface area contributed by atoms with E-state index in [0.717, 1.165) is 12.4 Å². The van der Waals surface area contributed by atoms with Crippen LogP contribution in [0.3, 0.4) is 0 Å². The first-order chi connectivity index (χ1) is 8.76. The number of pyridine rings is 1. The zero-order chi connectivity index (χ0) is 14.6. The van der Waals surface area contributed by atoms with Crippen molar-refractivity contribution in [2.45, 2.75) is 13.3 Å². The summed E-state index contributed by atoms with van der Waals surface area (Å²) in [6, 6.07) is 0. The van der Waals surface area contributed by atoms with Gasteiger partial charge >= 0.3 is 18.3 Å². The lowest BCUT2D eigenvalue weighted by Gasteiger charge is -2.12. The Morgan fingerprint density at radius 1 is 1.32 bits per heavy atom. The van der Waals surface area contributed by atoms with Gasteiger partial charge in [-0.1, -0.05) is 0 Å². The Kier molecular flexibility index (Phi) is 4.30. The van der Waals surface area contributed by atoms with Gasteiger partial charge in [-0.2, -0.15) is 0 Å². The average Bonchev–Trinajstić information content (AvgIpc) is 2.26. The van der Waals surface area contributed by atoms with Crippen LogP contribution < -0.4 is 4.74 Å². The molecule has 1 aromatic rings. The Hall–Kier alpha value is -2.32. The second kappa shape index (κ2) is 5.55. The molecule has 0 radical (unpaired) electrons. The zero-order valence-corrected chi connectivity index (χ0v) is 9.52. The molecule has 0 fully saturated rings. The quantitative estimate of drug-likeness (QED) is 0.846. The Morgan fingerprint density at radius 3 is 2.37 bits per heavy atom. The third-order valence-electron chi connectivity index (χ3n) is 1.84. The number of carboxylic acids is 1. The molecule has 1 N–H and O–H groups in total. The van der Waals surface area contributed by atoms with Gasteiger partial charge in [0.05, 0.1) is 6.61 Å². The van der Waals surface area contributed by atoms with E-state index >= 15 is 0 Å². The highest BCUT2D eigenvalue weighted by molar-refractivity contribution is 5.99. The van der Waals surface area contributed by atoms with E-state index in [1.54, 1.807) is 0 Å². The van der Waals surface area contributed by atoms with E-state index in [0.29, 0.717) is 0 Å². The molecule has 6 nitrogen and oxygen atoms in total. The molecule has 0 spiro atoms. The number of carboxylic acid groups (broad SMARTS) is 1. The largest absolute Gasteiger partial charge is 0.575 e. The number of aromatic nitrogens is 1. The Morgan fingerprint density at radius 2 is 1.89 bits per heavy atom. The summed E-state index contributed by atoms with van der Waals surface area (Å²) in [6.07, 6.45) is -3.58. The van der Waals surface area contributed by atoms with Crippen LogP contribution in [-0.2, 0) is 4.74 Å². The standard InChI is InChI=1S/C10H8F3NO5/c1-2-18-7-5(8(15)16)3-14-4-6(7)9(17)19-10(11,12)13/h3-4H,2H2,1H3,(H,15,16). The molecule has 1 aromatic heterocycles. The lowest BCUT2D eigenvalue weighted by molar-refractivity contribution is -0.291. The predicted molar refractivity (Wildman–Crippen MR) is 53.8 cm³/mol. The number of alkyl halides is 3. The van der Waals surface area contributed by atoms with Gasteiger partial charge < -0.3 is 14.6 Å². The number of rotatable bonds is 4. The molecule has 0 saturated carbocycles. The van der Waals surface area contributed by atoms with Crippen LogP contribution in [0.25, 0.3) is 0 Å². The molecule has 0 amide bonds. The molecule has 0 bridgehead atoms. The molecule has 0 aromatic carbocycles. The molecular formula is C10H8F3NO5. The van der Waals surface area contributed by atoms with E-state index in [2.05, 4.69) is 9.72 Å². The molecule has 104 valence electrons. The number of hydrogen-bond donors (Lipinski definition) is 1. The minimum Gasteiger partial charge on any atom is -0.492 e. The van der Waals surface area contributed by atoms with E-state index in [1.807, 2.05) is 0 Å². The fourth-order valence-electron chi connectivity index (χ4n) is 1.21. The minimum absolute atomic E-state index is 0.0450. The summed E-state index contributed by atoms with van der Waals surface area (Å²) in [5, 5.41) is 8.84. The van der Waals surface area contributed by atoms with Gasteiger partial charge in [-0.25, -0.2) is 9.59 Å². The molecule has 0 saturated heterocycles. The molecule has 9 heteroatoms. The molecule has 0 aliphatic carbocycles. The third kappa shape index (κ3) is 3.83. The first-order valence-corrected chi connectivity index (χ1v) is 4.90. The lowest BCUT2D eigenvalue weighted by Crippen LogP contribution is -2.21. The number of hydrogen-bond acceptors (Lipinski definition) is 5. The van der Waals surface area contributed by atoms with E-state index in [9.17, 15) is 22.8 Å². The SMILES string of the molecule is CCOc1c(C(=O)O)cncc1C(=O)OC(F)(F)F. The van der Waals surface area contributed by atoms with Crippen LogP contribution in [0.5, 0.6) is 5.75 Å². The van der Waals surface area contributed by atoms with Gasteiger partial charge in [-0.3, -0.25) is 4.98 Å². The highest BCUT2D eigenvalue weighted by Crippen LogP contribution is 2.27. The van der Waals surface area contributed by atoms with E-state index < -0.39 is 35.2 Å². The van der Waals surface area contributed by atoms with E-state index in [-0.39, 0.29) is 6.61 Å². The van der Waals surface area contributed by atoms with E-state index in [1.165, 1.54) is 6.92 Å². The van der Waals surface area contributed by atoms with Crippen LogP contribution in [0, 0.1) is 0 Å². The van der Waals surface area contributed by atoms with Crippen LogP contribution in [0.1, 0.15) is 27.6 Å². The van der Waals surface area contributed by atoms with Gasteiger partial charge in [-0.15, -0.1) is 13.2 Å². The van der Waals surface area contributed by atoms with Crippen molar-refractivity contribution in [1.82, 2.24) is 4.98 Å². The maximum atomic E-state index is 11.9. The van der Waals surface area contributed by atoms with Crippen molar-refractivity contribution in [3.63, 3.8) is 0 Å². The maximum Gasteiger partial charge on any atom is 0.575 e. The number of aromatic carboxylic acids is 1. The van der Waals surface area contributed by atoms with Gasteiger partial charge in [0.15, 0.2) is 5.75 Å². The smallest absolute Gasteiger partial charge is 0.492 e. The number of ether oxygens (including phenoxy) is 2. The Balaban J connectivity index is 3.23. The second-order valence-electron chi connectivity index (χ2n) is 3.14. The summed E-state index contributed by atoms with van der Waals surface area (Å²) in [7, 11) is 0. The summed E-state index contributed by atoms with van der Waals surface area (Å²) in [4.78, 5) is 25.5. The Labute approximate surface area is 104 Å². The van der Waals surface area contributed by atoms with Crippen LogP contribution in [0.15, 0.2) is 12.4 Å². The summed E-state index contributed by atoms with van der Waals surface area (Å²) < 4.78 is 43.9. The second-order valence-corrected chi connectivity index (χ2v) is 3.14. The van der Waals surface area contributed by atoms with Crippen LogP contribution >= 0.6 is 0 Å². The van der Waals surface area contributed by atoms with Crippen molar-refractivity contribution in [1.29, 1.82) is 0 Å². The van der Waals surface area contributed by atoms with Crippen molar-refractivity contribution in [2.75, 3.05) is 6.61 Å². The molecule has 0 aliphatic rings. The number of carbonyl (C=O) groups excluding carboxylic acids is 1. The highest BCUT2D eigenvalue weighted by Gasteiger charge is 2.36. The number of nitrogens with zero attached hydrogens (tertiary/aromatic N) is 1. The molecule has 0 unspecified atom stereocenters.